The Hall–Kier alpha value is -1.58. The fourth-order valence-electron chi connectivity index (χ4n) is 2.88. The maximum Gasteiger partial charge on any atom is 0.194 e. The molecule has 0 unspecified atom stereocenters. The van der Waals surface area contributed by atoms with Gasteiger partial charge >= 0.3 is 0 Å². The second kappa shape index (κ2) is 5.81. The minimum absolute atomic E-state index is 0.172. The number of carbonyl (C=O) groups excluding carboxylic acids is 1. The first kappa shape index (κ1) is 14.8. The minimum Gasteiger partial charge on any atom is -0.383 e. The predicted octanol–water partition coefficient (Wildman–Crippen LogP) is 2.99. The van der Waals surface area contributed by atoms with E-state index in [2.05, 4.69) is 25.9 Å². The molecule has 1 aromatic rings. The Balaban J connectivity index is 2.51. The van der Waals surface area contributed by atoms with Crippen LogP contribution < -0.4 is 0 Å². The molecule has 0 aromatic carbocycles. The van der Waals surface area contributed by atoms with Crippen LogP contribution in [0.15, 0.2) is 11.8 Å². The maximum absolute atomic E-state index is 12.7. The molecule has 1 aromatic heterocycles. The third-order valence-corrected chi connectivity index (χ3v) is 3.61. The molecule has 20 heavy (non-hydrogen) atoms. The Labute approximate surface area is 121 Å². The normalized spacial score (nSPS) is 16.9. The third-order valence-electron chi connectivity index (χ3n) is 3.61. The molecule has 0 radical (unpaired) electrons. The lowest BCUT2D eigenvalue weighted by Gasteiger charge is -2.17. The summed E-state index contributed by atoms with van der Waals surface area (Å²) in [6.07, 6.45) is 4.66. The smallest absolute Gasteiger partial charge is 0.194 e. The first-order valence-electron chi connectivity index (χ1n) is 7.47. The van der Waals surface area contributed by atoms with Crippen LogP contribution in [0.2, 0.25) is 0 Å². The summed E-state index contributed by atoms with van der Waals surface area (Å²) in [6, 6.07) is 0. The number of Topliss-reactive ketones (excluding diaryl/α,β-unsaturated/α-hetero) is 1. The van der Waals surface area contributed by atoms with Crippen LogP contribution in [0.5, 0.6) is 0 Å². The number of carbonyl (C=O) groups is 1. The average Bonchev–Trinajstić information content (AvgIpc) is 2.72. The molecule has 0 saturated heterocycles. The molecule has 0 fully saturated rings. The Morgan fingerprint density at radius 3 is 2.60 bits per heavy atom. The number of rotatable bonds is 4. The minimum atomic E-state index is 0.172. The molecule has 110 valence electrons. The van der Waals surface area contributed by atoms with Gasteiger partial charge in [0.25, 0.3) is 0 Å². The zero-order valence-electron chi connectivity index (χ0n) is 13.2. The van der Waals surface area contributed by atoms with Crippen molar-refractivity contribution in [2.45, 2.75) is 52.5 Å². The molecule has 0 aliphatic heterocycles. The summed E-state index contributed by atoms with van der Waals surface area (Å²) in [5, 5.41) is 4.68. The number of hydrogen-bond acceptors (Lipinski definition) is 3. The second-order valence-corrected chi connectivity index (χ2v) is 6.03. The number of allylic oxidation sites excluding steroid dienone is 1. The number of aromatic nitrogens is 2. The van der Waals surface area contributed by atoms with E-state index < -0.39 is 0 Å². The van der Waals surface area contributed by atoms with E-state index in [1.54, 1.807) is 0 Å². The lowest BCUT2D eigenvalue weighted by atomic mass is 9.88. The highest BCUT2D eigenvalue weighted by Crippen LogP contribution is 2.31. The highest BCUT2D eigenvalue weighted by molar-refractivity contribution is 6.11. The average molecular weight is 275 g/mol. The van der Waals surface area contributed by atoms with E-state index in [-0.39, 0.29) is 5.78 Å². The summed E-state index contributed by atoms with van der Waals surface area (Å²) in [4.78, 5) is 14.7. The van der Waals surface area contributed by atoms with E-state index >= 15 is 0 Å². The topological polar surface area (TPSA) is 38.1 Å². The summed E-state index contributed by atoms with van der Waals surface area (Å²) >= 11 is 0. The van der Waals surface area contributed by atoms with Gasteiger partial charge < -0.3 is 4.90 Å². The number of aryl methyl sites for hydroxylation is 2. The Bertz CT molecular complexity index is 538. The van der Waals surface area contributed by atoms with E-state index in [1.165, 1.54) is 0 Å². The second-order valence-electron chi connectivity index (χ2n) is 6.03. The third kappa shape index (κ3) is 2.65. The highest BCUT2D eigenvalue weighted by atomic mass is 16.1. The molecule has 0 atom stereocenters. The van der Waals surface area contributed by atoms with Crippen LogP contribution in [-0.2, 0) is 13.0 Å². The van der Waals surface area contributed by atoms with Gasteiger partial charge in [0, 0.05) is 32.4 Å². The van der Waals surface area contributed by atoms with Crippen molar-refractivity contribution in [2.24, 2.45) is 0 Å². The van der Waals surface area contributed by atoms with Crippen LogP contribution in [0.4, 0.5) is 0 Å². The molecule has 2 rings (SSSR count). The maximum atomic E-state index is 12.7. The molecule has 0 spiro atoms. The van der Waals surface area contributed by atoms with Gasteiger partial charge in [0.05, 0.1) is 17.0 Å². The SMILES string of the molecule is CCCn1nc2c(c1C(C)C)C(=O)C(=CN(C)C)CC2. The van der Waals surface area contributed by atoms with Gasteiger partial charge in [0.1, 0.15) is 0 Å². The highest BCUT2D eigenvalue weighted by Gasteiger charge is 2.30. The fraction of sp³-hybridized carbons (Fsp3) is 0.625. The predicted molar refractivity (Wildman–Crippen MR) is 81.0 cm³/mol. The zero-order chi connectivity index (χ0) is 14.9. The lowest BCUT2D eigenvalue weighted by Crippen LogP contribution is -2.18. The lowest BCUT2D eigenvalue weighted by molar-refractivity contribution is 0.102. The molecule has 4 heteroatoms. The van der Waals surface area contributed by atoms with Crippen molar-refractivity contribution in [1.29, 1.82) is 0 Å². The van der Waals surface area contributed by atoms with Crippen LogP contribution in [-0.4, -0.2) is 34.6 Å². The van der Waals surface area contributed by atoms with Gasteiger partial charge in [-0.2, -0.15) is 5.10 Å². The summed E-state index contributed by atoms with van der Waals surface area (Å²) in [5.74, 6) is 0.492. The van der Waals surface area contributed by atoms with Gasteiger partial charge in [-0.3, -0.25) is 9.48 Å². The van der Waals surface area contributed by atoms with E-state index in [0.29, 0.717) is 5.92 Å². The van der Waals surface area contributed by atoms with Crippen LogP contribution in [0.3, 0.4) is 0 Å². The van der Waals surface area contributed by atoms with E-state index in [9.17, 15) is 4.79 Å². The molecule has 0 N–H and O–H groups in total. The monoisotopic (exact) mass is 275 g/mol. The van der Waals surface area contributed by atoms with Crippen LogP contribution in [0.25, 0.3) is 0 Å². The molecule has 0 bridgehead atoms. The van der Waals surface area contributed by atoms with Gasteiger partial charge in [-0.25, -0.2) is 0 Å². The van der Waals surface area contributed by atoms with E-state index in [4.69, 9.17) is 0 Å². The van der Waals surface area contributed by atoms with Crippen molar-refractivity contribution in [3.63, 3.8) is 0 Å². The van der Waals surface area contributed by atoms with Crippen molar-refractivity contribution in [3.8, 4) is 0 Å². The van der Waals surface area contributed by atoms with Gasteiger partial charge in [-0.05, 0) is 25.2 Å². The van der Waals surface area contributed by atoms with E-state index in [1.807, 2.05) is 29.9 Å². The standard InChI is InChI=1S/C16H25N3O/c1-6-9-19-15(11(2)3)14-13(17-19)8-7-12(16(14)20)10-18(4)5/h10-11H,6-9H2,1-5H3. The van der Waals surface area contributed by atoms with Crippen LogP contribution >= 0.6 is 0 Å². The van der Waals surface area contributed by atoms with Crippen LogP contribution in [0, 0.1) is 0 Å². The number of nitrogens with zero attached hydrogens (tertiary/aromatic N) is 3. The number of ketones is 1. The quantitative estimate of drug-likeness (QED) is 0.793. The summed E-state index contributed by atoms with van der Waals surface area (Å²) < 4.78 is 2.05. The van der Waals surface area contributed by atoms with Crippen LogP contribution in [0.1, 0.15) is 61.3 Å². The van der Waals surface area contributed by atoms with E-state index in [0.717, 1.165) is 48.3 Å². The van der Waals surface area contributed by atoms with Gasteiger partial charge in [-0.1, -0.05) is 20.8 Å². The van der Waals surface area contributed by atoms with Crippen molar-refractivity contribution in [1.82, 2.24) is 14.7 Å². The van der Waals surface area contributed by atoms with Gasteiger partial charge in [0.2, 0.25) is 0 Å². The number of fused-ring (bicyclic) bond motifs is 1. The molecular weight excluding hydrogens is 250 g/mol. The Morgan fingerprint density at radius 2 is 2.05 bits per heavy atom. The molecule has 1 heterocycles. The molecule has 0 saturated carbocycles. The first-order chi connectivity index (χ1) is 9.45. The van der Waals surface area contributed by atoms with Crippen molar-refractivity contribution in [3.05, 3.63) is 28.7 Å². The fourth-order valence-corrected chi connectivity index (χ4v) is 2.88. The number of hydrogen-bond donors (Lipinski definition) is 0. The van der Waals surface area contributed by atoms with Gasteiger partial charge in [0.15, 0.2) is 5.78 Å². The van der Waals surface area contributed by atoms with Crippen molar-refractivity contribution >= 4 is 5.78 Å². The zero-order valence-corrected chi connectivity index (χ0v) is 13.2. The van der Waals surface area contributed by atoms with Crippen molar-refractivity contribution < 1.29 is 4.79 Å². The summed E-state index contributed by atoms with van der Waals surface area (Å²) in [5.41, 5.74) is 3.87. The molecule has 1 aliphatic carbocycles. The molecule has 0 amide bonds. The summed E-state index contributed by atoms with van der Waals surface area (Å²) in [6.45, 7) is 7.31. The first-order valence-corrected chi connectivity index (χ1v) is 7.47. The Morgan fingerprint density at radius 1 is 1.35 bits per heavy atom. The summed E-state index contributed by atoms with van der Waals surface area (Å²) in [7, 11) is 3.92. The largest absolute Gasteiger partial charge is 0.383 e. The van der Waals surface area contributed by atoms with Gasteiger partial charge in [-0.15, -0.1) is 0 Å². The molecule has 1 aliphatic rings. The van der Waals surface area contributed by atoms with Crippen molar-refractivity contribution in [2.75, 3.05) is 14.1 Å². The molecule has 4 nitrogen and oxygen atoms in total. The Kier molecular flexibility index (Phi) is 4.31. The molecular formula is C16H25N3O.